The summed E-state index contributed by atoms with van der Waals surface area (Å²) in [6.45, 7) is 5.16. The van der Waals surface area contributed by atoms with Crippen LogP contribution in [0.5, 0.6) is 0 Å². The van der Waals surface area contributed by atoms with Crippen LogP contribution in [0.15, 0.2) is 27.8 Å². The first kappa shape index (κ1) is 12.9. The Hall–Kier alpha value is -2.08. The number of aliphatic imine (C=N–C) groups is 1. The Morgan fingerprint density at radius 1 is 1.45 bits per heavy atom. The molecule has 0 N–H and O–H groups in total. The van der Waals surface area contributed by atoms with Crippen molar-refractivity contribution in [2.75, 3.05) is 18.7 Å². The van der Waals surface area contributed by atoms with Gasteiger partial charge in [0.2, 0.25) is 0 Å². The third-order valence-electron chi connectivity index (χ3n) is 3.56. The van der Waals surface area contributed by atoms with Crippen LogP contribution < -0.4 is 10.5 Å². The number of hydrogen-bond acceptors (Lipinski definition) is 5. The van der Waals surface area contributed by atoms with Gasteiger partial charge in [0.1, 0.15) is 18.2 Å². The van der Waals surface area contributed by atoms with E-state index in [0.717, 1.165) is 29.2 Å². The maximum atomic E-state index is 12.4. The first-order chi connectivity index (χ1) is 9.65. The average Bonchev–Trinajstić information content (AvgIpc) is 2.86. The Bertz CT molecular complexity index is 660. The van der Waals surface area contributed by atoms with Gasteiger partial charge >= 0.3 is 0 Å². The Morgan fingerprint density at radius 3 is 2.95 bits per heavy atom. The first-order valence-electron chi connectivity index (χ1n) is 6.74. The van der Waals surface area contributed by atoms with E-state index in [2.05, 4.69) is 16.8 Å². The van der Waals surface area contributed by atoms with Crippen LogP contribution in [-0.4, -0.2) is 29.6 Å². The fraction of sp³-hybridized carbons (Fsp3) is 0.429. The van der Waals surface area contributed by atoms with Crippen molar-refractivity contribution < 1.29 is 4.84 Å². The Labute approximate surface area is 117 Å². The molecule has 1 aromatic rings. The maximum absolute atomic E-state index is 12.4. The lowest BCUT2D eigenvalue weighted by molar-refractivity contribution is -0.0791. The predicted molar refractivity (Wildman–Crippen MR) is 78.2 cm³/mol. The van der Waals surface area contributed by atoms with E-state index in [0.29, 0.717) is 13.2 Å². The normalized spacial score (nSPS) is 16.2. The van der Waals surface area contributed by atoms with Gasteiger partial charge in [-0.1, -0.05) is 6.92 Å². The van der Waals surface area contributed by atoms with Gasteiger partial charge in [-0.05, 0) is 19.4 Å². The number of fused-ring (bicyclic) bond motifs is 3. The van der Waals surface area contributed by atoms with E-state index < -0.39 is 0 Å². The number of hydrogen-bond donors (Lipinski definition) is 0. The van der Waals surface area contributed by atoms with Crippen LogP contribution >= 0.6 is 0 Å². The summed E-state index contributed by atoms with van der Waals surface area (Å²) in [6, 6.07) is 1.85. The molecule has 0 fully saturated rings. The van der Waals surface area contributed by atoms with E-state index in [1.807, 2.05) is 30.0 Å². The highest BCUT2D eigenvalue weighted by atomic mass is 16.7. The zero-order chi connectivity index (χ0) is 14.3. The first-order valence-corrected chi connectivity index (χ1v) is 6.74. The van der Waals surface area contributed by atoms with E-state index in [1.54, 1.807) is 12.2 Å². The van der Waals surface area contributed by atoms with E-state index in [-0.39, 0.29) is 5.56 Å². The van der Waals surface area contributed by atoms with Crippen LogP contribution in [0, 0.1) is 6.92 Å². The largest absolute Gasteiger partial charge is 0.302 e. The molecule has 0 spiro atoms. The van der Waals surface area contributed by atoms with Crippen LogP contribution in [0.25, 0.3) is 0 Å². The number of anilines is 1. The second kappa shape index (κ2) is 4.79. The summed E-state index contributed by atoms with van der Waals surface area (Å²) in [5.74, 6) is 0.857. The minimum atomic E-state index is 0.0536. The monoisotopic (exact) mass is 274 g/mol. The van der Waals surface area contributed by atoms with Crippen molar-refractivity contribution in [1.29, 1.82) is 0 Å². The summed E-state index contributed by atoms with van der Waals surface area (Å²) >= 11 is 0. The number of allylic oxidation sites excluding steroid dienone is 1. The average molecular weight is 274 g/mol. The van der Waals surface area contributed by atoms with Gasteiger partial charge in [-0.25, -0.2) is 5.06 Å². The zero-order valence-corrected chi connectivity index (χ0v) is 12.0. The van der Waals surface area contributed by atoms with Crippen molar-refractivity contribution in [3.8, 4) is 0 Å². The lowest BCUT2D eigenvalue weighted by atomic mass is 10.2. The molecule has 0 aromatic carbocycles. The van der Waals surface area contributed by atoms with E-state index >= 15 is 0 Å². The van der Waals surface area contributed by atoms with Crippen LogP contribution in [0.2, 0.25) is 0 Å². The SMILES string of the molecule is CCCn1c2c(cc(C)c1=O)N=CC1=CN(OC)CN12. The number of nitrogens with zero attached hydrogens (tertiary/aromatic N) is 4. The van der Waals surface area contributed by atoms with Gasteiger partial charge < -0.3 is 4.90 Å². The van der Waals surface area contributed by atoms with E-state index in [4.69, 9.17) is 4.84 Å². The Morgan fingerprint density at radius 2 is 2.25 bits per heavy atom. The van der Waals surface area contributed by atoms with E-state index in [9.17, 15) is 4.79 Å². The fourth-order valence-corrected chi connectivity index (χ4v) is 2.61. The summed E-state index contributed by atoms with van der Waals surface area (Å²) < 4.78 is 1.81. The second-order valence-corrected chi connectivity index (χ2v) is 4.97. The lowest BCUT2D eigenvalue weighted by Crippen LogP contribution is -2.34. The van der Waals surface area contributed by atoms with Crippen molar-refractivity contribution in [3.63, 3.8) is 0 Å². The van der Waals surface area contributed by atoms with Gasteiger partial charge in [0.05, 0.1) is 25.2 Å². The molecule has 0 amide bonds. The minimum Gasteiger partial charge on any atom is -0.302 e. The molecule has 0 unspecified atom stereocenters. The molecular weight excluding hydrogens is 256 g/mol. The number of rotatable bonds is 3. The topological polar surface area (TPSA) is 50.1 Å². The molecule has 2 aliphatic rings. The third-order valence-corrected chi connectivity index (χ3v) is 3.56. The summed E-state index contributed by atoms with van der Waals surface area (Å²) in [7, 11) is 1.63. The minimum absolute atomic E-state index is 0.0536. The molecule has 0 saturated heterocycles. The van der Waals surface area contributed by atoms with Gasteiger partial charge in [-0.15, -0.1) is 0 Å². The van der Waals surface area contributed by atoms with Gasteiger partial charge in [0.15, 0.2) is 0 Å². The molecule has 0 aliphatic carbocycles. The smallest absolute Gasteiger partial charge is 0.255 e. The summed E-state index contributed by atoms with van der Waals surface area (Å²) in [6.07, 6.45) is 4.59. The second-order valence-electron chi connectivity index (χ2n) is 4.97. The van der Waals surface area contributed by atoms with Crippen LogP contribution in [0.4, 0.5) is 11.5 Å². The number of hydroxylamine groups is 2. The highest BCUT2D eigenvalue weighted by Crippen LogP contribution is 2.36. The quantitative estimate of drug-likeness (QED) is 0.843. The van der Waals surface area contributed by atoms with Crippen molar-refractivity contribution in [3.05, 3.63) is 33.9 Å². The van der Waals surface area contributed by atoms with Crippen LogP contribution in [0.3, 0.4) is 0 Å². The van der Waals surface area contributed by atoms with Crippen molar-refractivity contribution in [2.45, 2.75) is 26.8 Å². The van der Waals surface area contributed by atoms with Crippen LogP contribution in [0.1, 0.15) is 18.9 Å². The maximum Gasteiger partial charge on any atom is 0.255 e. The van der Waals surface area contributed by atoms with Crippen molar-refractivity contribution >= 4 is 17.7 Å². The van der Waals surface area contributed by atoms with Crippen molar-refractivity contribution in [2.24, 2.45) is 4.99 Å². The highest BCUT2D eigenvalue weighted by Gasteiger charge is 2.29. The molecule has 1 aromatic heterocycles. The van der Waals surface area contributed by atoms with Gasteiger partial charge in [-0.3, -0.25) is 19.2 Å². The predicted octanol–water partition coefficient (Wildman–Crippen LogP) is 1.76. The summed E-state index contributed by atoms with van der Waals surface area (Å²) in [5.41, 5.74) is 2.56. The highest BCUT2D eigenvalue weighted by molar-refractivity contribution is 5.93. The molecule has 0 atom stereocenters. The van der Waals surface area contributed by atoms with Gasteiger partial charge in [0.25, 0.3) is 5.56 Å². The molecule has 0 bridgehead atoms. The molecule has 6 heteroatoms. The summed E-state index contributed by atoms with van der Waals surface area (Å²) in [5, 5.41) is 1.72. The van der Waals surface area contributed by atoms with E-state index in [1.165, 1.54) is 0 Å². The number of aryl methyl sites for hydroxylation is 1. The molecule has 0 radical (unpaired) electrons. The zero-order valence-electron chi connectivity index (χ0n) is 12.0. The molecule has 106 valence electrons. The lowest BCUT2D eigenvalue weighted by Gasteiger charge is -2.28. The third kappa shape index (κ3) is 1.84. The fourth-order valence-electron chi connectivity index (χ4n) is 2.61. The Kier molecular flexibility index (Phi) is 3.10. The Balaban J connectivity index is 2.17. The van der Waals surface area contributed by atoms with Crippen LogP contribution in [-0.2, 0) is 11.4 Å². The molecule has 20 heavy (non-hydrogen) atoms. The standard InChI is InChI=1S/C14H18N4O2/c1-4-5-17-13-12(6-10(2)14(17)19)15-7-11-8-16(20-3)9-18(11)13/h6-8H,4-5,9H2,1-3H3. The van der Waals surface area contributed by atoms with Gasteiger partial charge in [-0.2, -0.15) is 0 Å². The molecule has 3 heterocycles. The molecule has 2 aliphatic heterocycles. The van der Waals surface area contributed by atoms with Gasteiger partial charge in [0, 0.05) is 12.1 Å². The number of aromatic nitrogens is 1. The molecule has 3 rings (SSSR count). The molecule has 0 saturated carbocycles. The molecule has 6 nitrogen and oxygen atoms in total. The molecular formula is C14H18N4O2. The number of pyridine rings is 1. The summed E-state index contributed by atoms with van der Waals surface area (Å²) in [4.78, 5) is 24.2. The van der Waals surface area contributed by atoms with Crippen molar-refractivity contribution in [1.82, 2.24) is 9.63 Å².